The molecule has 0 aromatic heterocycles. The van der Waals surface area contributed by atoms with Crippen LogP contribution in [0.25, 0.3) is 0 Å². The van der Waals surface area contributed by atoms with Crippen molar-refractivity contribution < 1.29 is 9.72 Å². The van der Waals surface area contributed by atoms with E-state index in [0.29, 0.717) is 29.3 Å². The zero-order valence-corrected chi connectivity index (χ0v) is 11.5. The Morgan fingerprint density at radius 1 is 1.47 bits per heavy atom. The first kappa shape index (κ1) is 14.0. The second-order valence-corrected chi connectivity index (χ2v) is 5.71. The second-order valence-electron chi connectivity index (χ2n) is 5.28. The van der Waals surface area contributed by atoms with E-state index in [9.17, 15) is 14.9 Å². The lowest BCUT2D eigenvalue weighted by Crippen LogP contribution is -2.25. The largest absolute Gasteiger partial charge is 0.299 e. The zero-order valence-electron chi connectivity index (χ0n) is 10.8. The molecule has 4 nitrogen and oxygen atoms in total. The summed E-state index contributed by atoms with van der Waals surface area (Å²) in [4.78, 5) is 22.5. The number of rotatable bonds is 3. The fourth-order valence-electron chi connectivity index (χ4n) is 2.67. The van der Waals surface area contributed by atoms with Crippen molar-refractivity contribution in [2.45, 2.75) is 32.6 Å². The van der Waals surface area contributed by atoms with Crippen molar-refractivity contribution in [2.24, 2.45) is 11.8 Å². The Morgan fingerprint density at radius 2 is 2.21 bits per heavy atom. The fraction of sp³-hybridized carbons (Fsp3) is 0.500. The summed E-state index contributed by atoms with van der Waals surface area (Å²) >= 11 is 5.78. The maximum atomic E-state index is 11.9. The lowest BCUT2D eigenvalue weighted by atomic mass is 9.78. The number of benzene rings is 1. The Hall–Kier alpha value is -1.42. The highest BCUT2D eigenvalue weighted by molar-refractivity contribution is 6.30. The van der Waals surface area contributed by atoms with Gasteiger partial charge in [-0.05, 0) is 31.2 Å². The predicted octanol–water partition coefficient (Wildman–Crippen LogP) is 3.80. The molecule has 5 heteroatoms. The van der Waals surface area contributed by atoms with E-state index in [4.69, 9.17) is 11.6 Å². The van der Waals surface area contributed by atoms with Crippen LogP contribution in [-0.4, -0.2) is 10.7 Å². The molecule has 0 spiro atoms. The highest BCUT2D eigenvalue weighted by Gasteiger charge is 2.28. The third-order valence-corrected chi connectivity index (χ3v) is 3.97. The third kappa shape index (κ3) is 3.32. The van der Waals surface area contributed by atoms with Crippen LogP contribution in [0.15, 0.2) is 18.2 Å². The van der Waals surface area contributed by atoms with E-state index >= 15 is 0 Å². The van der Waals surface area contributed by atoms with Gasteiger partial charge in [-0.1, -0.05) is 24.6 Å². The van der Waals surface area contributed by atoms with Gasteiger partial charge >= 0.3 is 0 Å². The average Bonchev–Trinajstić information content (AvgIpc) is 2.35. The first-order valence-electron chi connectivity index (χ1n) is 6.43. The minimum atomic E-state index is -0.433. The van der Waals surface area contributed by atoms with E-state index < -0.39 is 4.92 Å². The minimum absolute atomic E-state index is 0.0125. The molecule has 0 aliphatic heterocycles. The molecule has 0 saturated heterocycles. The normalized spacial score (nSPS) is 23.4. The molecular formula is C14H16ClNO3. The van der Waals surface area contributed by atoms with Crippen LogP contribution in [-0.2, 0) is 11.2 Å². The van der Waals surface area contributed by atoms with Gasteiger partial charge in [-0.25, -0.2) is 0 Å². The number of hydrogen-bond donors (Lipinski definition) is 0. The number of nitro groups is 1. The van der Waals surface area contributed by atoms with Crippen LogP contribution in [0.1, 0.15) is 31.7 Å². The lowest BCUT2D eigenvalue weighted by molar-refractivity contribution is -0.385. The Balaban J connectivity index is 2.23. The highest BCUT2D eigenvalue weighted by Crippen LogP contribution is 2.32. The van der Waals surface area contributed by atoms with Crippen molar-refractivity contribution in [1.82, 2.24) is 0 Å². The molecule has 2 unspecified atom stereocenters. The van der Waals surface area contributed by atoms with E-state index in [2.05, 4.69) is 6.92 Å². The fourth-order valence-corrected chi connectivity index (χ4v) is 2.84. The van der Waals surface area contributed by atoms with Crippen molar-refractivity contribution in [1.29, 1.82) is 0 Å². The summed E-state index contributed by atoms with van der Waals surface area (Å²) in [7, 11) is 0. The number of nitrogens with zero attached hydrogens (tertiary/aromatic N) is 1. The number of nitro benzene ring substituents is 1. The number of carbonyl (C=O) groups is 1. The predicted molar refractivity (Wildman–Crippen MR) is 73.3 cm³/mol. The van der Waals surface area contributed by atoms with Gasteiger partial charge in [0.1, 0.15) is 5.78 Å². The molecule has 1 aromatic carbocycles. The van der Waals surface area contributed by atoms with Crippen molar-refractivity contribution >= 4 is 23.1 Å². The first-order valence-corrected chi connectivity index (χ1v) is 6.80. The van der Waals surface area contributed by atoms with Gasteiger partial charge in [-0.15, -0.1) is 0 Å². The molecule has 0 amide bonds. The van der Waals surface area contributed by atoms with Crippen molar-refractivity contribution in [3.63, 3.8) is 0 Å². The SMILES string of the molecule is CC1CCC(=O)C(Cc2ccc(Cl)cc2[N+](=O)[O-])C1. The Kier molecular flexibility index (Phi) is 4.20. The second kappa shape index (κ2) is 5.70. The van der Waals surface area contributed by atoms with E-state index in [0.717, 1.165) is 12.8 Å². The standard InChI is InChI=1S/C14H16ClNO3/c1-9-2-5-14(17)11(6-9)7-10-3-4-12(15)8-13(10)16(18)19/h3-4,8-9,11H,2,5-7H2,1H3. The van der Waals surface area contributed by atoms with Crippen molar-refractivity contribution in [2.75, 3.05) is 0 Å². The summed E-state index contributed by atoms with van der Waals surface area (Å²) in [5, 5.41) is 11.4. The van der Waals surface area contributed by atoms with E-state index in [1.165, 1.54) is 6.07 Å². The van der Waals surface area contributed by atoms with Gasteiger partial charge in [0.2, 0.25) is 0 Å². The Morgan fingerprint density at radius 3 is 2.89 bits per heavy atom. The average molecular weight is 282 g/mol. The summed E-state index contributed by atoms with van der Waals surface area (Å²) < 4.78 is 0. The molecule has 2 rings (SSSR count). The van der Waals surface area contributed by atoms with Gasteiger partial charge in [0.05, 0.1) is 4.92 Å². The minimum Gasteiger partial charge on any atom is -0.299 e. The summed E-state index contributed by atoms with van der Waals surface area (Å²) in [5.74, 6) is 0.639. The molecule has 2 atom stereocenters. The molecule has 1 aromatic rings. The number of ketones is 1. The number of carbonyl (C=O) groups excluding carboxylic acids is 1. The summed E-state index contributed by atoms with van der Waals surface area (Å²) in [5.41, 5.74) is 0.611. The first-order chi connectivity index (χ1) is 8.97. The molecule has 0 bridgehead atoms. The number of halogens is 1. The molecule has 0 N–H and O–H groups in total. The number of hydrogen-bond acceptors (Lipinski definition) is 3. The van der Waals surface area contributed by atoms with Gasteiger partial charge in [0.15, 0.2) is 0 Å². The van der Waals surface area contributed by atoms with Crippen LogP contribution in [0.4, 0.5) is 5.69 Å². The summed E-state index contributed by atoms with van der Waals surface area (Å²) in [6.07, 6.45) is 2.78. The zero-order chi connectivity index (χ0) is 14.0. The molecule has 1 aliphatic carbocycles. The van der Waals surface area contributed by atoms with Gasteiger partial charge in [-0.2, -0.15) is 0 Å². The van der Waals surface area contributed by atoms with Gasteiger partial charge in [-0.3, -0.25) is 14.9 Å². The van der Waals surface area contributed by atoms with Gasteiger partial charge < -0.3 is 0 Å². The smallest absolute Gasteiger partial charge is 0.274 e. The molecule has 1 saturated carbocycles. The summed E-state index contributed by atoms with van der Waals surface area (Å²) in [6, 6.07) is 4.65. The van der Waals surface area contributed by atoms with Crippen molar-refractivity contribution in [3.05, 3.63) is 38.9 Å². The molecule has 0 radical (unpaired) electrons. The Labute approximate surface area is 116 Å². The van der Waals surface area contributed by atoms with Crippen molar-refractivity contribution in [3.8, 4) is 0 Å². The molecular weight excluding hydrogens is 266 g/mol. The van der Waals surface area contributed by atoms with Crippen LogP contribution in [0, 0.1) is 22.0 Å². The van der Waals surface area contributed by atoms with Crippen LogP contribution in [0.2, 0.25) is 5.02 Å². The van der Waals surface area contributed by atoms with Crippen LogP contribution < -0.4 is 0 Å². The highest BCUT2D eigenvalue weighted by atomic mass is 35.5. The van der Waals surface area contributed by atoms with Crippen LogP contribution in [0.3, 0.4) is 0 Å². The topological polar surface area (TPSA) is 60.2 Å². The molecule has 1 aliphatic rings. The van der Waals surface area contributed by atoms with E-state index in [-0.39, 0.29) is 17.4 Å². The van der Waals surface area contributed by atoms with Crippen LogP contribution >= 0.6 is 11.6 Å². The molecule has 1 fully saturated rings. The Bertz CT molecular complexity index is 515. The van der Waals surface area contributed by atoms with E-state index in [1.54, 1.807) is 12.1 Å². The lowest BCUT2D eigenvalue weighted by Gasteiger charge is -2.25. The van der Waals surface area contributed by atoms with Gasteiger partial charge in [0, 0.05) is 29.0 Å². The quantitative estimate of drug-likeness (QED) is 0.625. The molecule has 19 heavy (non-hydrogen) atoms. The van der Waals surface area contributed by atoms with E-state index in [1.807, 2.05) is 0 Å². The van der Waals surface area contributed by atoms with Crippen LogP contribution in [0.5, 0.6) is 0 Å². The summed E-state index contributed by atoms with van der Waals surface area (Å²) in [6.45, 7) is 2.12. The molecule has 0 heterocycles. The monoisotopic (exact) mass is 281 g/mol. The maximum Gasteiger partial charge on any atom is 0.274 e. The third-order valence-electron chi connectivity index (χ3n) is 3.74. The number of Topliss-reactive ketones (excluding diaryl/α,β-unsaturated/α-hetero) is 1. The molecule has 102 valence electrons. The van der Waals surface area contributed by atoms with Gasteiger partial charge in [0.25, 0.3) is 5.69 Å². The maximum absolute atomic E-state index is 11.9.